The summed E-state index contributed by atoms with van der Waals surface area (Å²) in [5.74, 6) is -0.422. The van der Waals surface area contributed by atoms with Crippen LogP contribution in [0, 0.1) is 0 Å². The standard InChI is InChI=1S/C8H16N2O2/c1-3-12-8(11)7(10)5-4-6(2)9/h4-7H,3,9-10H2,1-2H3/b5-4-. The largest absolute Gasteiger partial charge is 0.465 e. The highest BCUT2D eigenvalue weighted by Crippen LogP contribution is 1.89. The van der Waals surface area contributed by atoms with Gasteiger partial charge in [0.15, 0.2) is 0 Å². The lowest BCUT2D eigenvalue weighted by molar-refractivity contribution is -0.143. The van der Waals surface area contributed by atoms with Gasteiger partial charge in [-0.3, -0.25) is 4.79 Å². The van der Waals surface area contributed by atoms with E-state index in [0.717, 1.165) is 0 Å². The molecule has 4 nitrogen and oxygen atoms in total. The van der Waals surface area contributed by atoms with Crippen molar-refractivity contribution in [1.82, 2.24) is 0 Å². The van der Waals surface area contributed by atoms with E-state index in [2.05, 4.69) is 4.74 Å². The Labute approximate surface area is 72.6 Å². The Balaban J connectivity index is 3.86. The molecule has 0 bridgehead atoms. The number of nitrogens with two attached hydrogens (primary N) is 2. The normalized spacial score (nSPS) is 16.0. The van der Waals surface area contributed by atoms with Gasteiger partial charge in [-0.05, 0) is 13.8 Å². The smallest absolute Gasteiger partial charge is 0.326 e. The van der Waals surface area contributed by atoms with Gasteiger partial charge in [0, 0.05) is 6.04 Å². The van der Waals surface area contributed by atoms with Crippen molar-refractivity contribution in [2.75, 3.05) is 6.61 Å². The van der Waals surface area contributed by atoms with Crippen molar-refractivity contribution in [3.05, 3.63) is 12.2 Å². The molecule has 0 aliphatic rings. The van der Waals surface area contributed by atoms with E-state index in [4.69, 9.17) is 11.5 Å². The highest BCUT2D eigenvalue weighted by Gasteiger charge is 2.09. The molecule has 0 aromatic heterocycles. The molecule has 0 aromatic rings. The SMILES string of the molecule is CCOC(=O)C(N)/C=C\C(C)N. The number of hydrogen-bond donors (Lipinski definition) is 2. The monoisotopic (exact) mass is 172 g/mol. The van der Waals surface area contributed by atoms with E-state index in [9.17, 15) is 4.79 Å². The third-order valence-electron chi connectivity index (χ3n) is 1.18. The maximum atomic E-state index is 10.9. The van der Waals surface area contributed by atoms with Crippen LogP contribution < -0.4 is 11.5 Å². The van der Waals surface area contributed by atoms with Gasteiger partial charge in [0.1, 0.15) is 6.04 Å². The molecular formula is C8H16N2O2. The molecule has 0 radical (unpaired) electrons. The van der Waals surface area contributed by atoms with Crippen molar-refractivity contribution < 1.29 is 9.53 Å². The van der Waals surface area contributed by atoms with Crippen LogP contribution in [-0.2, 0) is 9.53 Å². The molecule has 0 spiro atoms. The summed E-state index contributed by atoms with van der Waals surface area (Å²) in [6.07, 6.45) is 3.21. The summed E-state index contributed by atoms with van der Waals surface area (Å²) in [7, 11) is 0. The van der Waals surface area contributed by atoms with Crippen molar-refractivity contribution in [2.24, 2.45) is 11.5 Å². The number of carbonyl (C=O) groups excluding carboxylic acids is 1. The Kier molecular flexibility index (Phi) is 5.32. The molecule has 4 heteroatoms. The van der Waals surface area contributed by atoms with Crippen LogP contribution >= 0.6 is 0 Å². The minimum Gasteiger partial charge on any atom is -0.465 e. The van der Waals surface area contributed by atoms with E-state index in [1.165, 1.54) is 0 Å². The molecule has 0 aliphatic carbocycles. The first-order chi connectivity index (χ1) is 5.57. The second-order valence-corrected chi connectivity index (χ2v) is 2.52. The van der Waals surface area contributed by atoms with Crippen LogP contribution in [0.4, 0.5) is 0 Å². The summed E-state index contributed by atoms with van der Waals surface area (Å²) in [5.41, 5.74) is 10.9. The van der Waals surface area contributed by atoms with Crippen molar-refractivity contribution in [1.29, 1.82) is 0 Å². The zero-order valence-electron chi connectivity index (χ0n) is 7.49. The van der Waals surface area contributed by atoms with Crippen LogP contribution in [-0.4, -0.2) is 24.7 Å². The average molecular weight is 172 g/mol. The Morgan fingerprint density at radius 3 is 2.50 bits per heavy atom. The molecule has 0 fully saturated rings. The lowest BCUT2D eigenvalue weighted by Crippen LogP contribution is -2.30. The molecular weight excluding hydrogens is 156 g/mol. The minimum absolute atomic E-state index is 0.0922. The molecule has 0 aromatic carbocycles. The van der Waals surface area contributed by atoms with E-state index in [-0.39, 0.29) is 6.04 Å². The quantitative estimate of drug-likeness (QED) is 0.454. The van der Waals surface area contributed by atoms with Gasteiger partial charge in [0.05, 0.1) is 6.61 Å². The molecule has 4 N–H and O–H groups in total. The summed E-state index contributed by atoms with van der Waals surface area (Å²) >= 11 is 0. The van der Waals surface area contributed by atoms with Gasteiger partial charge in [-0.25, -0.2) is 0 Å². The first-order valence-corrected chi connectivity index (χ1v) is 3.94. The summed E-state index contributed by atoms with van der Waals surface area (Å²) in [4.78, 5) is 10.9. The first kappa shape index (κ1) is 11.1. The highest BCUT2D eigenvalue weighted by atomic mass is 16.5. The van der Waals surface area contributed by atoms with E-state index in [1.54, 1.807) is 26.0 Å². The van der Waals surface area contributed by atoms with Crippen LogP contribution in [0.25, 0.3) is 0 Å². The Hall–Kier alpha value is -0.870. The number of rotatable bonds is 4. The summed E-state index contributed by atoms with van der Waals surface area (Å²) in [6, 6.07) is -0.790. The van der Waals surface area contributed by atoms with Crippen molar-refractivity contribution in [3.8, 4) is 0 Å². The van der Waals surface area contributed by atoms with Gasteiger partial charge in [-0.15, -0.1) is 0 Å². The van der Waals surface area contributed by atoms with Crippen LogP contribution in [0.15, 0.2) is 12.2 Å². The molecule has 70 valence electrons. The van der Waals surface area contributed by atoms with Gasteiger partial charge in [-0.2, -0.15) is 0 Å². The molecule has 0 saturated heterocycles. The van der Waals surface area contributed by atoms with Crippen molar-refractivity contribution in [3.63, 3.8) is 0 Å². The number of hydrogen-bond acceptors (Lipinski definition) is 4. The van der Waals surface area contributed by atoms with Crippen LogP contribution in [0.3, 0.4) is 0 Å². The maximum Gasteiger partial charge on any atom is 0.326 e. The Bertz CT molecular complexity index is 166. The second kappa shape index (κ2) is 5.74. The van der Waals surface area contributed by atoms with Gasteiger partial charge in [0.2, 0.25) is 0 Å². The summed E-state index contributed by atoms with van der Waals surface area (Å²) < 4.78 is 4.68. The van der Waals surface area contributed by atoms with Gasteiger partial charge >= 0.3 is 5.97 Å². The van der Waals surface area contributed by atoms with E-state index < -0.39 is 12.0 Å². The Morgan fingerprint density at radius 1 is 1.50 bits per heavy atom. The fourth-order valence-electron chi connectivity index (χ4n) is 0.612. The average Bonchev–Trinajstić information content (AvgIpc) is 2.00. The first-order valence-electron chi connectivity index (χ1n) is 3.94. The summed E-state index contributed by atoms with van der Waals surface area (Å²) in [6.45, 7) is 3.88. The predicted molar refractivity (Wildman–Crippen MR) is 47.4 cm³/mol. The third-order valence-corrected chi connectivity index (χ3v) is 1.18. The number of esters is 1. The molecule has 0 rings (SSSR count). The van der Waals surface area contributed by atoms with Crippen LogP contribution in [0.2, 0.25) is 0 Å². The lowest BCUT2D eigenvalue weighted by Gasteiger charge is -2.05. The molecule has 0 saturated carbocycles. The summed E-state index contributed by atoms with van der Waals surface area (Å²) in [5, 5.41) is 0. The van der Waals surface area contributed by atoms with Crippen molar-refractivity contribution in [2.45, 2.75) is 25.9 Å². The zero-order chi connectivity index (χ0) is 9.56. The predicted octanol–water partition coefficient (Wildman–Crippen LogP) is -0.220. The number of ether oxygens (including phenoxy) is 1. The Morgan fingerprint density at radius 2 is 2.08 bits per heavy atom. The van der Waals surface area contributed by atoms with Gasteiger partial charge in [-0.1, -0.05) is 12.2 Å². The topological polar surface area (TPSA) is 78.3 Å². The fraction of sp³-hybridized carbons (Fsp3) is 0.625. The zero-order valence-corrected chi connectivity index (χ0v) is 7.49. The molecule has 0 heterocycles. The molecule has 12 heavy (non-hydrogen) atoms. The molecule has 2 atom stereocenters. The molecule has 0 amide bonds. The third kappa shape index (κ3) is 4.87. The van der Waals surface area contributed by atoms with E-state index in [1.807, 2.05) is 0 Å². The van der Waals surface area contributed by atoms with Crippen LogP contribution in [0.5, 0.6) is 0 Å². The molecule has 2 unspecified atom stereocenters. The van der Waals surface area contributed by atoms with Crippen molar-refractivity contribution >= 4 is 5.97 Å². The highest BCUT2D eigenvalue weighted by molar-refractivity contribution is 5.77. The number of carbonyl (C=O) groups is 1. The lowest BCUT2D eigenvalue weighted by atomic mass is 10.2. The van der Waals surface area contributed by atoms with E-state index >= 15 is 0 Å². The van der Waals surface area contributed by atoms with Gasteiger partial charge in [0.25, 0.3) is 0 Å². The maximum absolute atomic E-state index is 10.9. The van der Waals surface area contributed by atoms with Gasteiger partial charge < -0.3 is 16.2 Å². The molecule has 0 aliphatic heterocycles. The fourth-order valence-corrected chi connectivity index (χ4v) is 0.612. The van der Waals surface area contributed by atoms with Crippen LogP contribution in [0.1, 0.15) is 13.8 Å². The second-order valence-electron chi connectivity index (χ2n) is 2.52. The minimum atomic E-state index is -0.698. The van der Waals surface area contributed by atoms with E-state index in [0.29, 0.717) is 6.61 Å².